The predicted molar refractivity (Wildman–Crippen MR) is 65.4 cm³/mol. The Kier molecular flexibility index (Phi) is 4.00. The lowest BCUT2D eigenvalue weighted by molar-refractivity contribution is -0.131. The number of halogens is 2. The molecule has 0 radical (unpaired) electrons. The summed E-state index contributed by atoms with van der Waals surface area (Å²) in [6.45, 7) is 1.47. The third-order valence-electron chi connectivity index (χ3n) is 3.06. The zero-order valence-electron chi connectivity index (χ0n) is 9.53. The lowest BCUT2D eigenvalue weighted by atomic mass is 10.1. The molecule has 92 valence electrons. The molecule has 0 bridgehead atoms. The van der Waals surface area contributed by atoms with E-state index in [-0.39, 0.29) is 11.5 Å². The van der Waals surface area contributed by atoms with Gasteiger partial charge >= 0.3 is 0 Å². The van der Waals surface area contributed by atoms with Crippen molar-refractivity contribution < 1.29 is 9.18 Å². The van der Waals surface area contributed by atoms with Gasteiger partial charge in [-0.05, 0) is 25.3 Å². The zero-order valence-corrected chi connectivity index (χ0v) is 10.3. The molecule has 2 rings (SSSR count). The number of rotatable bonds is 2. The van der Waals surface area contributed by atoms with E-state index in [1.807, 2.05) is 0 Å². The van der Waals surface area contributed by atoms with E-state index in [9.17, 15) is 9.18 Å². The molecule has 0 aliphatic carbocycles. The van der Waals surface area contributed by atoms with Gasteiger partial charge in [0.1, 0.15) is 11.2 Å². The Balaban J connectivity index is 2.11. The molecule has 1 aromatic rings. The second-order valence-corrected chi connectivity index (χ2v) is 4.71. The Morgan fingerprint density at radius 1 is 1.24 bits per heavy atom. The van der Waals surface area contributed by atoms with E-state index < -0.39 is 11.2 Å². The third-order valence-corrected chi connectivity index (χ3v) is 3.48. The first-order valence-electron chi connectivity index (χ1n) is 5.87. The minimum Gasteiger partial charge on any atom is -0.341 e. The maximum Gasteiger partial charge on any atom is 0.245 e. The Morgan fingerprint density at radius 3 is 2.53 bits per heavy atom. The van der Waals surface area contributed by atoms with Crippen LogP contribution in [0, 0.1) is 5.82 Å². The molecule has 17 heavy (non-hydrogen) atoms. The maximum atomic E-state index is 13.5. The second-order valence-electron chi connectivity index (χ2n) is 4.27. The maximum absolute atomic E-state index is 13.5. The summed E-state index contributed by atoms with van der Waals surface area (Å²) in [6.07, 6.45) is 3.16. The van der Waals surface area contributed by atoms with Crippen LogP contribution in [0.3, 0.4) is 0 Å². The Labute approximate surface area is 105 Å². The lowest BCUT2D eigenvalue weighted by Crippen LogP contribution is -2.37. The monoisotopic (exact) mass is 255 g/mol. The molecule has 1 atom stereocenters. The summed E-state index contributed by atoms with van der Waals surface area (Å²) in [5, 5.41) is -0.908. The number of carbonyl (C=O) groups is 1. The third kappa shape index (κ3) is 2.78. The molecular weight excluding hydrogens is 241 g/mol. The van der Waals surface area contributed by atoms with Gasteiger partial charge in [-0.3, -0.25) is 4.79 Å². The number of carbonyl (C=O) groups excluding carboxylic acids is 1. The summed E-state index contributed by atoms with van der Waals surface area (Å²) in [4.78, 5) is 13.8. The van der Waals surface area contributed by atoms with E-state index in [1.54, 1.807) is 23.1 Å². The Hall–Kier alpha value is -1.09. The van der Waals surface area contributed by atoms with Crippen molar-refractivity contribution in [3.05, 3.63) is 35.6 Å². The number of piperidine rings is 1. The van der Waals surface area contributed by atoms with Crippen molar-refractivity contribution in [2.45, 2.75) is 24.6 Å². The van der Waals surface area contributed by atoms with Gasteiger partial charge in [0.25, 0.3) is 0 Å². The first kappa shape index (κ1) is 12.4. The molecule has 1 aromatic carbocycles. The topological polar surface area (TPSA) is 20.3 Å². The van der Waals surface area contributed by atoms with Crippen LogP contribution < -0.4 is 0 Å². The van der Waals surface area contributed by atoms with Crippen molar-refractivity contribution >= 4 is 17.5 Å². The van der Waals surface area contributed by atoms with E-state index >= 15 is 0 Å². The number of benzene rings is 1. The van der Waals surface area contributed by atoms with Gasteiger partial charge < -0.3 is 4.90 Å². The fourth-order valence-corrected chi connectivity index (χ4v) is 2.40. The van der Waals surface area contributed by atoms with Crippen LogP contribution in [-0.2, 0) is 4.79 Å². The van der Waals surface area contributed by atoms with Crippen molar-refractivity contribution in [3.8, 4) is 0 Å². The van der Waals surface area contributed by atoms with Crippen LogP contribution in [0.5, 0.6) is 0 Å². The van der Waals surface area contributed by atoms with Gasteiger partial charge in [-0.25, -0.2) is 4.39 Å². The van der Waals surface area contributed by atoms with Crippen molar-refractivity contribution in [1.29, 1.82) is 0 Å². The van der Waals surface area contributed by atoms with Crippen LogP contribution in [0.25, 0.3) is 0 Å². The standard InChI is InChI=1S/C13H15ClFNO/c14-12(10-6-2-3-7-11(10)15)13(17)16-8-4-1-5-9-16/h2-3,6-7,12H,1,4-5,8-9H2. The molecule has 1 saturated heterocycles. The minimum atomic E-state index is -0.908. The van der Waals surface area contributed by atoms with E-state index in [1.165, 1.54) is 6.07 Å². The van der Waals surface area contributed by atoms with Crippen LogP contribution in [0.4, 0.5) is 4.39 Å². The highest BCUT2D eigenvalue weighted by Crippen LogP contribution is 2.26. The molecule has 1 fully saturated rings. The van der Waals surface area contributed by atoms with Gasteiger partial charge in [0.15, 0.2) is 0 Å². The van der Waals surface area contributed by atoms with Gasteiger partial charge in [0.2, 0.25) is 5.91 Å². The number of hydrogen-bond acceptors (Lipinski definition) is 1. The molecule has 4 heteroatoms. The van der Waals surface area contributed by atoms with Gasteiger partial charge in [-0.1, -0.05) is 18.2 Å². The van der Waals surface area contributed by atoms with Crippen LogP contribution in [0.1, 0.15) is 30.2 Å². The average molecular weight is 256 g/mol. The second kappa shape index (κ2) is 5.50. The quantitative estimate of drug-likeness (QED) is 0.744. The summed E-state index contributed by atoms with van der Waals surface area (Å²) >= 11 is 6.06. The highest BCUT2D eigenvalue weighted by molar-refractivity contribution is 6.30. The van der Waals surface area contributed by atoms with Crippen molar-refractivity contribution in [3.63, 3.8) is 0 Å². The molecular formula is C13H15ClFNO. The van der Waals surface area contributed by atoms with E-state index in [0.717, 1.165) is 32.4 Å². The highest BCUT2D eigenvalue weighted by Gasteiger charge is 2.26. The Bertz CT molecular complexity index is 404. The molecule has 0 aromatic heterocycles. The van der Waals surface area contributed by atoms with Gasteiger partial charge in [0, 0.05) is 18.7 Å². The fraction of sp³-hybridized carbons (Fsp3) is 0.462. The normalized spacial score (nSPS) is 17.9. The van der Waals surface area contributed by atoms with Crippen molar-refractivity contribution in [2.24, 2.45) is 0 Å². The predicted octanol–water partition coefficient (Wildman–Crippen LogP) is 3.12. The first-order valence-corrected chi connectivity index (χ1v) is 6.31. The highest BCUT2D eigenvalue weighted by atomic mass is 35.5. The van der Waals surface area contributed by atoms with Crippen LogP contribution in [-0.4, -0.2) is 23.9 Å². The Morgan fingerprint density at radius 2 is 1.88 bits per heavy atom. The lowest BCUT2D eigenvalue weighted by Gasteiger charge is -2.28. The van der Waals surface area contributed by atoms with Crippen LogP contribution in [0.2, 0.25) is 0 Å². The molecule has 0 saturated carbocycles. The van der Waals surface area contributed by atoms with Gasteiger partial charge in [-0.15, -0.1) is 11.6 Å². The first-order chi connectivity index (χ1) is 8.20. The van der Waals surface area contributed by atoms with E-state index in [2.05, 4.69) is 0 Å². The molecule has 1 heterocycles. The summed E-state index contributed by atoms with van der Waals surface area (Å²) in [6, 6.07) is 6.17. The smallest absolute Gasteiger partial charge is 0.245 e. The van der Waals surface area contributed by atoms with Crippen molar-refractivity contribution in [1.82, 2.24) is 4.90 Å². The van der Waals surface area contributed by atoms with E-state index in [4.69, 9.17) is 11.6 Å². The molecule has 1 aliphatic heterocycles. The summed E-state index contributed by atoms with van der Waals surface area (Å²) in [5.41, 5.74) is 0.268. The summed E-state index contributed by atoms with van der Waals surface area (Å²) in [5.74, 6) is -0.602. The fourth-order valence-electron chi connectivity index (χ4n) is 2.09. The van der Waals surface area contributed by atoms with Gasteiger partial charge in [-0.2, -0.15) is 0 Å². The largest absolute Gasteiger partial charge is 0.341 e. The summed E-state index contributed by atoms with van der Waals surface area (Å²) < 4.78 is 13.5. The SMILES string of the molecule is O=C(C(Cl)c1ccccc1F)N1CCCCC1. The molecule has 0 spiro atoms. The number of amides is 1. The molecule has 0 N–H and O–H groups in total. The number of alkyl halides is 1. The number of nitrogens with zero attached hydrogens (tertiary/aromatic N) is 1. The van der Waals surface area contributed by atoms with Crippen molar-refractivity contribution in [2.75, 3.05) is 13.1 Å². The molecule has 1 aliphatic rings. The van der Waals surface area contributed by atoms with E-state index in [0.29, 0.717) is 0 Å². The molecule has 1 unspecified atom stereocenters. The van der Waals surface area contributed by atoms with Gasteiger partial charge in [0.05, 0.1) is 0 Å². The summed E-state index contributed by atoms with van der Waals surface area (Å²) in [7, 11) is 0. The number of likely N-dealkylation sites (tertiary alicyclic amines) is 1. The average Bonchev–Trinajstić information content (AvgIpc) is 2.39. The zero-order chi connectivity index (χ0) is 12.3. The van der Waals surface area contributed by atoms with Crippen LogP contribution in [0.15, 0.2) is 24.3 Å². The molecule has 1 amide bonds. The number of hydrogen-bond donors (Lipinski definition) is 0. The minimum absolute atomic E-state index is 0.184. The van der Waals surface area contributed by atoms with Crippen LogP contribution >= 0.6 is 11.6 Å². The molecule has 2 nitrogen and oxygen atoms in total.